The molecule has 0 aromatic heterocycles. The predicted octanol–water partition coefficient (Wildman–Crippen LogP) is 2.48. The molecule has 1 N–H and O–H groups in total. The van der Waals surface area contributed by atoms with Gasteiger partial charge in [-0.2, -0.15) is 5.10 Å². The minimum Gasteiger partial charge on any atom is -0.378 e. The van der Waals surface area contributed by atoms with Gasteiger partial charge in [0.25, 0.3) is 0 Å². The van der Waals surface area contributed by atoms with Crippen LogP contribution in [-0.2, 0) is 0 Å². The van der Waals surface area contributed by atoms with Crippen molar-refractivity contribution in [3.8, 4) is 0 Å². The minimum atomic E-state index is 0.343. The third kappa shape index (κ3) is 2.91. The number of hydrogen-bond donors (Lipinski definition) is 1. The van der Waals surface area contributed by atoms with E-state index in [9.17, 15) is 0 Å². The van der Waals surface area contributed by atoms with E-state index in [0.717, 1.165) is 19.5 Å². The fourth-order valence-corrected chi connectivity index (χ4v) is 3.42. The molecule has 4 nitrogen and oxygen atoms in total. The third-order valence-electron chi connectivity index (χ3n) is 4.63. The van der Waals surface area contributed by atoms with Crippen molar-refractivity contribution in [3.05, 3.63) is 29.8 Å². The Morgan fingerprint density at radius 2 is 2.05 bits per heavy atom. The molecule has 2 aliphatic heterocycles. The average Bonchev–Trinajstić information content (AvgIpc) is 2.91. The maximum atomic E-state index is 4.60. The maximum Gasteiger partial charge on any atom is 0.0782 e. The Kier molecular flexibility index (Phi) is 4.15. The molecule has 3 rings (SSSR count). The Bertz CT molecular complexity index is 506. The van der Waals surface area contributed by atoms with Gasteiger partial charge in [0, 0.05) is 50.9 Å². The Labute approximate surface area is 127 Å². The van der Waals surface area contributed by atoms with Gasteiger partial charge < -0.3 is 15.2 Å². The van der Waals surface area contributed by atoms with Crippen LogP contribution in [0.4, 0.5) is 5.69 Å². The molecular weight excluding hydrogens is 260 g/mol. The zero-order valence-electron chi connectivity index (χ0n) is 13.3. The molecule has 0 amide bonds. The van der Waals surface area contributed by atoms with E-state index < -0.39 is 0 Å². The molecule has 1 saturated heterocycles. The number of nitrogens with one attached hydrogen (secondary N) is 1. The summed E-state index contributed by atoms with van der Waals surface area (Å²) >= 11 is 0. The molecular formula is C17H26N4. The van der Waals surface area contributed by atoms with Crippen LogP contribution < -0.4 is 10.3 Å². The molecule has 4 heteroatoms. The van der Waals surface area contributed by atoms with Gasteiger partial charge in [-0.3, -0.25) is 0 Å². The van der Waals surface area contributed by atoms with Crippen molar-refractivity contribution in [2.45, 2.75) is 25.8 Å². The highest BCUT2D eigenvalue weighted by Gasteiger charge is 2.36. The summed E-state index contributed by atoms with van der Waals surface area (Å²) in [7, 11) is 4.15. The van der Waals surface area contributed by atoms with Crippen LogP contribution in [-0.4, -0.2) is 44.3 Å². The molecule has 2 aliphatic rings. The van der Waals surface area contributed by atoms with Gasteiger partial charge in [0.2, 0.25) is 0 Å². The number of piperidine rings is 1. The van der Waals surface area contributed by atoms with Crippen molar-refractivity contribution in [1.29, 1.82) is 0 Å². The number of anilines is 1. The maximum absolute atomic E-state index is 4.60. The second-order valence-electron chi connectivity index (χ2n) is 6.35. The predicted molar refractivity (Wildman–Crippen MR) is 88.9 cm³/mol. The normalized spacial score (nSPS) is 25.2. The Morgan fingerprint density at radius 3 is 2.71 bits per heavy atom. The SMILES string of the molecule is CCCN1CCC2=NNC(c3ccc(N(C)C)cc3)C2C1. The van der Waals surface area contributed by atoms with Gasteiger partial charge in [0.05, 0.1) is 6.04 Å². The van der Waals surface area contributed by atoms with Crippen molar-refractivity contribution >= 4 is 11.4 Å². The first kappa shape index (κ1) is 14.4. The number of rotatable bonds is 4. The number of benzene rings is 1. The van der Waals surface area contributed by atoms with Crippen LogP contribution in [0.15, 0.2) is 29.4 Å². The summed E-state index contributed by atoms with van der Waals surface area (Å²) in [5, 5.41) is 4.60. The molecule has 114 valence electrons. The van der Waals surface area contributed by atoms with Crippen LogP contribution in [0.1, 0.15) is 31.4 Å². The van der Waals surface area contributed by atoms with Gasteiger partial charge in [0.15, 0.2) is 0 Å². The zero-order chi connectivity index (χ0) is 14.8. The minimum absolute atomic E-state index is 0.343. The van der Waals surface area contributed by atoms with Crippen LogP contribution in [0, 0.1) is 5.92 Å². The van der Waals surface area contributed by atoms with E-state index in [2.05, 4.69) is 65.6 Å². The second kappa shape index (κ2) is 6.06. The fraction of sp³-hybridized carbons (Fsp3) is 0.588. The second-order valence-corrected chi connectivity index (χ2v) is 6.35. The molecule has 1 aromatic rings. The molecule has 1 aromatic carbocycles. The molecule has 21 heavy (non-hydrogen) atoms. The molecule has 0 bridgehead atoms. The standard InChI is InChI=1S/C17H26N4/c1-4-10-21-11-9-16-15(12-21)17(19-18-16)13-5-7-14(8-6-13)20(2)3/h5-8,15,17,19H,4,9-12H2,1-3H3. The number of fused-ring (bicyclic) bond motifs is 1. The molecule has 2 unspecified atom stereocenters. The summed E-state index contributed by atoms with van der Waals surface area (Å²) < 4.78 is 0. The molecule has 2 heterocycles. The van der Waals surface area contributed by atoms with Gasteiger partial charge in [-0.25, -0.2) is 0 Å². The summed E-state index contributed by atoms with van der Waals surface area (Å²) in [6.07, 6.45) is 2.35. The first-order valence-corrected chi connectivity index (χ1v) is 8.00. The van der Waals surface area contributed by atoms with Gasteiger partial charge in [0.1, 0.15) is 0 Å². The Morgan fingerprint density at radius 1 is 1.29 bits per heavy atom. The third-order valence-corrected chi connectivity index (χ3v) is 4.63. The van der Waals surface area contributed by atoms with Gasteiger partial charge in [-0.1, -0.05) is 19.1 Å². The van der Waals surface area contributed by atoms with Crippen molar-refractivity contribution in [3.63, 3.8) is 0 Å². The van der Waals surface area contributed by atoms with Crippen LogP contribution in [0.5, 0.6) is 0 Å². The van der Waals surface area contributed by atoms with Gasteiger partial charge in [-0.15, -0.1) is 0 Å². The van der Waals surface area contributed by atoms with Crippen LogP contribution in [0.2, 0.25) is 0 Å². The monoisotopic (exact) mass is 286 g/mol. The highest BCUT2D eigenvalue weighted by atomic mass is 15.4. The fourth-order valence-electron chi connectivity index (χ4n) is 3.42. The van der Waals surface area contributed by atoms with E-state index in [1.54, 1.807) is 0 Å². The highest BCUT2D eigenvalue weighted by molar-refractivity contribution is 5.89. The number of hydrazone groups is 1. The Balaban J connectivity index is 1.74. The molecule has 0 spiro atoms. The summed E-state index contributed by atoms with van der Waals surface area (Å²) in [5.74, 6) is 0.538. The average molecular weight is 286 g/mol. The zero-order valence-corrected chi connectivity index (χ0v) is 13.3. The lowest BCUT2D eigenvalue weighted by atomic mass is 9.86. The van der Waals surface area contributed by atoms with E-state index >= 15 is 0 Å². The van der Waals surface area contributed by atoms with E-state index in [0.29, 0.717) is 12.0 Å². The van der Waals surface area contributed by atoms with E-state index in [1.165, 1.54) is 29.9 Å². The van der Waals surface area contributed by atoms with E-state index in [1.807, 2.05) is 0 Å². The Hall–Kier alpha value is -1.55. The molecule has 0 saturated carbocycles. The summed E-state index contributed by atoms with van der Waals surface area (Å²) in [6, 6.07) is 9.22. The topological polar surface area (TPSA) is 30.9 Å². The van der Waals surface area contributed by atoms with Gasteiger partial charge in [-0.05, 0) is 30.7 Å². The molecule has 0 radical (unpaired) electrons. The number of nitrogens with zero attached hydrogens (tertiary/aromatic N) is 3. The number of likely N-dealkylation sites (tertiary alicyclic amines) is 1. The lowest BCUT2D eigenvalue weighted by Crippen LogP contribution is -2.42. The van der Waals surface area contributed by atoms with Crippen molar-refractivity contribution in [1.82, 2.24) is 10.3 Å². The van der Waals surface area contributed by atoms with Crippen LogP contribution >= 0.6 is 0 Å². The summed E-state index contributed by atoms with van der Waals surface area (Å²) in [5.41, 5.74) is 7.33. The lowest BCUT2D eigenvalue weighted by Gasteiger charge is -2.33. The first-order valence-electron chi connectivity index (χ1n) is 8.00. The number of hydrogen-bond acceptors (Lipinski definition) is 4. The van der Waals surface area contributed by atoms with Gasteiger partial charge >= 0.3 is 0 Å². The molecule has 0 aliphatic carbocycles. The smallest absolute Gasteiger partial charge is 0.0782 e. The largest absolute Gasteiger partial charge is 0.378 e. The van der Waals surface area contributed by atoms with Crippen LogP contribution in [0.3, 0.4) is 0 Å². The van der Waals surface area contributed by atoms with Crippen molar-refractivity contribution < 1.29 is 0 Å². The molecule has 2 atom stereocenters. The highest BCUT2D eigenvalue weighted by Crippen LogP contribution is 2.33. The van der Waals surface area contributed by atoms with Crippen molar-refractivity contribution in [2.24, 2.45) is 11.0 Å². The van der Waals surface area contributed by atoms with E-state index in [4.69, 9.17) is 0 Å². The lowest BCUT2D eigenvalue weighted by molar-refractivity contribution is 0.228. The van der Waals surface area contributed by atoms with E-state index in [-0.39, 0.29) is 0 Å². The summed E-state index contributed by atoms with van der Waals surface area (Å²) in [6.45, 7) is 5.76. The van der Waals surface area contributed by atoms with Crippen molar-refractivity contribution in [2.75, 3.05) is 38.6 Å². The molecule has 1 fully saturated rings. The summed E-state index contributed by atoms with van der Waals surface area (Å²) in [4.78, 5) is 4.72. The quantitative estimate of drug-likeness (QED) is 0.922. The van der Waals surface area contributed by atoms with Crippen LogP contribution in [0.25, 0.3) is 0 Å². The first-order chi connectivity index (χ1) is 10.2.